The third-order valence-electron chi connectivity index (χ3n) is 3.39. The van der Waals surface area contributed by atoms with Gasteiger partial charge >= 0.3 is 0 Å². The maximum atomic E-state index is 12.6. The Balaban J connectivity index is 1.71. The van der Waals surface area contributed by atoms with Gasteiger partial charge in [-0.15, -0.1) is 16.4 Å². The molecule has 0 aromatic carbocycles. The van der Waals surface area contributed by atoms with E-state index in [0.717, 1.165) is 30.1 Å². The Labute approximate surface area is 135 Å². The van der Waals surface area contributed by atoms with E-state index in [4.69, 9.17) is 0 Å². The summed E-state index contributed by atoms with van der Waals surface area (Å²) < 4.78 is 3.87. The zero-order valence-electron chi connectivity index (χ0n) is 12.1. The molecule has 116 valence electrons. The van der Waals surface area contributed by atoms with E-state index in [1.54, 1.807) is 16.0 Å². The third kappa shape index (κ3) is 2.86. The number of thiazole rings is 1. The number of amides is 2. The van der Waals surface area contributed by atoms with E-state index < -0.39 is 0 Å². The summed E-state index contributed by atoms with van der Waals surface area (Å²) in [6.45, 7) is 3.06. The van der Waals surface area contributed by atoms with Gasteiger partial charge in [-0.3, -0.25) is 14.5 Å². The van der Waals surface area contributed by atoms with Gasteiger partial charge in [-0.25, -0.2) is 4.98 Å². The van der Waals surface area contributed by atoms with Crippen LogP contribution in [-0.2, 0) is 11.2 Å². The lowest BCUT2D eigenvalue weighted by molar-refractivity contribution is -0.120. The molecule has 2 aromatic rings. The quantitative estimate of drug-likeness (QED) is 0.843. The molecule has 0 atom stereocenters. The summed E-state index contributed by atoms with van der Waals surface area (Å²) in [5.74, 6) is -0.255. The highest BCUT2D eigenvalue weighted by Gasteiger charge is 2.31. The molecule has 3 rings (SSSR count). The van der Waals surface area contributed by atoms with Crippen molar-refractivity contribution in [2.24, 2.45) is 0 Å². The molecular formula is C13H15N5O2S2. The standard InChI is InChI=1S/C13H15N5O2S2/c1-2-3-9-11(22-16-15-9)12(20)17-5-6-18(10(19)8-17)13-14-4-7-21-13/h4,7H,2-3,5-6,8H2,1H3. The van der Waals surface area contributed by atoms with Gasteiger partial charge in [0.1, 0.15) is 11.4 Å². The van der Waals surface area contributed by atoms with E-state index in [1.807, 2.05) is 12.3 Å². The van der Waals surface area contributed by atoms with Crippen LogP contribution in [0.15, 0.2) is 11.6 Å². The SMILES string of the molecule is CCCc1nnsc1C(=O)N1CCN(c2nccs2)C(=O)C1. The topological polar surface area (TPSA) is 79.3 Å². The minimum Gasteiger partial charge on any atom is -0.327 e. The van der Waals surface area contributed by atoms with E-state index in [1.165, 1.54) is 11.3 Å². The number of piperazine rings is 1. The summed E-state index contributed by atoms with van der Waals surface area (Å²) in [6.07, 6.45) is 3.30. The molecule has 0 bridgehead atoms. The molecule has 2 aromatic heterocycles. The highest BCUT2D eigenvalue weighted by atomic mass is 32.1. The highest BCUT2D eigenvalue weighted by Crippen LogP contribution is 2.22. The van der Waals surface area contributed by atoms with Crippen molar-refractivity contribution < 1.29 is 9.59 Å². The second-order valence-corrected chi connectivity index (χ2v) is 6.51. The molecule has 0 spiro atoms. The van der Waals surface area contributed by atoms with E-state index in [-0.39, 0.29) is 18.4 Å². The second kappa shape index (κ2) is 6.49. The fourth-order valence-corrected chi connectivity index (χ4v) is 3.68. The summed E-state index contributed by atoms with van der Waals surface area (Å²) in [5.41, 5.74) is 0.729. The van der Waals surface area contributed by atoms with Crippen molar-refractivity contribution in [1.29, 1.82) is 0 Å². The van der Waals surface area contributed by atoms with Crippen LogP contribution in [0, 0.1) is 0 Å². The van der Waals surface area contributed by atoms with Gasteiger partial charge in [0.15, 0.2) is 5.13 Å². The maximum absolute atomic E-state index is 12.6. The summed E-state index contributed by atoms with van der Waals surface area (Å²) in [4.78, 5) is 32.7. The number of hydrogen-bond acceptors (Lipinski definition) is 7. The van der Waals surface area contributed by atoms with E-state index in [9.17, 15) is 9.59 Å². The second-order valence-electron chi connectivity index (χ2n) is 4.89. The first kappa shape index (κ1) is 15.0. The molecule has 2 amide bonds. The van der Waals surface area contributed by atoms with Crippen LogP contribution in [0.3, 0.4) is 0 Å². The lowest BCUT2D eigenvalue weighted by atomic mass is 10.2. The Bertz CT molecular complexity index is 670. The number of nitrogens with zero attached hydrogens (tertiary/aromatic N) is 5. The first-order chi connectivity index (χ1) is 10.7. The van der Waals surface area contributed by atoms with E-state index in [0.29, 0.717) is 23.1 Å². The average Bonchev–Trinajstić information content (AvgIpc) is 3.18. The van der Waals surface area contributed by atoms with Crippen LogP contribution in [-0.4, -0.2) is 50.9 Å². The van der Waals surface area contributed by atoms with Crippen LogP contribution in [0.5, 0.6) is 0 Å². The third-order valence-corrected chi connectivity index (χ3v) is 4.95. The molecule has 7 nitrogen and oxygen atoms in total. The van der Waals surface area contributed by atoms with Crippen molar-refractivity contribution in [3.05, 3.63) is 22.1 Å². The highest BCUT2D eigenvalue weighted by molar-refractivity contribution is 7.13. The number of carbonyl (C=O) groups excluding carboxylic acids is 2. The summed E-state index contributed by atoms with van der Waals surface area (Å²) in [5, 5.41) is 6.53. The van der Waals surface area contributed by atoms with Crippen molar-refractivity contribution in [1.82, 2.24) is 19.5 Å². The van der Waals surface area contributed by atoms with Crippen molar-refractivity contribution in [2.75, 3.05) is 24.5 Å². The first-order valence-corrected chi connectivity index (χ1v) is 8.66. The van der Waals surface area contributed by atoms with Crippen LogP contribution in [0.1, 0.15) is 28.7 Å². The fraction of sp³-hybridized carbons (Fsp3) is 0.462. The predicted octanol–water partition coefficient (Wildman–Crippen LogP) is 1.44. The minimum atomic E-state index is -0.148. The van der Waals surface area contributed by atoms with Crippen LogP contribution < -0.4 is 4.90 Å². The maximum Gasteiger partial charge on any atom is 0.268 e. The van der Waals surface area contributed by atoms with Gasteiger partial charge in [0.05, 0.1) is 5.69 Å². The van der Waals surface area contributed by atoms with Crippen LogP contribution >= 0.6 is 22.9 Å². The van der Waals surface area contributed by atoms with Gasteiger partial charge in [-0.1, -0.05) is 17.8 Å². The van der Waals surface area contributed by atoms with Gasteiger partial charge in [0, 0.05) is 24.7 Å². The number of aromatic nitrogens is 3. The summed E-state index contributed by atoms with van der Waals surface area (Å²) in [6, 6.07) is 0. The molecule has 1 fully saturated rings. The van der Waals surface area contributed by atoms with Crippen molar-refractivity contribution >= 4 is 39.8 Å². The number of carbonyl (C=O) groups is 2. The van der Waals surface area contributed by atoms with Gasteiger partial charge in [0.2, 0.25) is 5.91 Å². The largest absolute Gasteiger partial charge is 0.327 e. The molecule has 0 aliphatic carbocycles. The van der Waals surface area contributed by atoms with Crippen LogP contribution in [0.2, 0.25) is 0 Å². The van der Waals surface area contributed by atoms with Gasteiger partial charge in [0.25, 0.3) is 5.91 Å². The lowest BCUT2D eigenvalue weighted by Crippen LogP contribution is -2.52. The minimum absolute atomic E-state index is 0.0713. The molecule has 1 saturated heterocycles. The average molecular weight is 337 g/mol. The summed E-state index contributed by atoms with van der Waals surface area (Å²) >= 11 is 2.53. The van der Waals surface area contributed by atoms with Gasteiger partial charge in [-0.05, 0) is 18.0 Å². The van der Waals surface area contributed by atoms with Crippen LogP contribution in [0.4, 0.5) is 5.13 Å². The Morgan fingerprint density at radius 3 is 2.95 bits per heavy atom. The van der Waals surface area contributed by atoms with Crippen molar-refractivity contribution in [2.45, 2.75) is 19.8 Å². The molecule has 0 unspecified atom stereocenters. The molecule has 3 heterocycles. The van der Waals surface area contributed by atoms with E-state index >= 15 is 0 Å². The zero-order chi connectivity index (χ0) is 15.5. The molecule has 0 radical (unpaired) electrons. The Morgan fingerprint density at radius 1 is 1.41 bits per heavy atom. The summed E-state index contributed by atoms with van der Waals surface area (Å²) in [7, 11) is 0. The number of rotatable bonds is 4. The lowest BCUT2D eigenvalue weighted by Gasteiger charge is -2.32. The van der Waals surface area contributed by atoms with Gasteiger partial charge < -0.3 is 4.90 Å². The van der Waals surface area contributed by atoms with Crippen molar-refractivity contribution in [3.8, 4) is 0 Å². The van der Waals surface area contributed by atoms with Crippen molar-refractivity contribution in [3.63, 3.8) is 0 Å². The Kier molecular flexibility index (Phi) is 4.44. The van der Waals surface area contributed by atoms with E-state index in [2.05, 4.69) is 14.6 Å². The predicted molar refractivity (Wildman–Crippen MR) is 84.3 cm³/mol. The number of anilines is 1. The molecule has 1 aliphatic heterocycles. The first-order valence-electron chi connectivity index (χ1n) is 7.01. The fourth-order valence-electron chi connectivity index (χ4n) is 2.31. The van der Waals surface area contributed by atoms with Gasteiger partial charge in [-0.2, -0.15) is 0 Å². The molecule has 0 N–H and O–H groups in total. The van der Waals surface area contributed by atoms with Crippen LogP contribution in [0.25, 0.3) is 0 Å². The molecule has 22 heavy (non-hydrogen) atoms. The Morgan fingerprint density at radius 2 is 2.27 bits per heavy atom. The number of hydrogen-bond donors (Lipinski definition) is 0. The molecular weight excluding hydrogens is 322 g/mol. The Hall–Kier alpha value is -1.87. The molecule has 0 saturated carbocycles. The normalized spacial score (nSPS) is 15.4. The molecule has 9 heteroatoms. The zero-order valence-corrected chi connectivity index (χ0v) is 13.7. The molecule has 1 aliphatic rings. The smallest absolute Gasteiger partial charge is 0.268 e. The number of aryl methyl sites for hydroxylation is 1. The monoisotopic (exact) mass is 337 g/mol.